The van der Waals surface area contributed by atoms with Gasteiger partial charge in [-0.2, -0.15) is 0 Å². The molecule has 0 amide bonds. The smallest absolute Gasteiger partial charge is 0.457 e. The van der Waals surface area contributed by atoms with Crippen LogP contribution >= 0.6 is 7.82 Å². The summed E-state index contributed by atoms with van der Waals surface area (Å²) in [5.74, 6) is -0.332. The van der Waals surface area contributed by atoms with E-state index in [1.54, 1.807) is 0 Å². The standard InChI is InChI=1S/C41H80NO7P/c1-3-5-7-9-11-13-15-17-18-19-20-21-22-23-25-27-29-31-33-36-46-38-40(39-48-50(44,45)47-37-35-42)49-41(43)34-32-30-28-26-24-16-14-12-10-8-6-4-2/h13,15,18-19,40H,3-12,14,16-17,20-39,42H2,1-2H3,(H,44,45)/b15-13-,19-18-. The summed E-state index contributed by atoms with van der Waals surface area (Å²) in [6, 6.07) is 0. The Bertz CT molecular complexity index is 823. The highest BCUT2D eigenvalue weighted by molar-refractivity contribution is 7.47. The third-order valence-corrected chi connectivity index (χ3v) is 9.86. The normalized spacial score (nSPS) is 13.8. The van der Waals surface area contributed by atoms with E-state index in [0.717, 1.165) is 38.5 Å². The highest BCUT2D eigenvalue weighted by atomic mass is 31.2. The molecule has 0 fully saturated rings. The number of rotatable bonds is 40. The summed E-state index contributed by atoms with van der Waals surface area (Å²) in [5, 5.41) is 0. The van der Waals surface area contributed by atoms with E-state index < -0.39 is 13.9 Å². The van der Waals surface area contributed by atoms with Gasteiger partial charge in [0.15, 0.2) is 0 Å². The minimum absolute atomic E-state index is 0.0948. The monoisotopic (exact) mass is 730 g/mol. The Hall–Kier alpha value is -1.02. The van der Waals surface area contributed by atoms with Gasteiger partial charge in [0, 0.05) is 19.6 Å². The molecule has 8 nitrogen and oxygen atoms in total. The van der Waals surface area contributed by atoms with Crippen LogP contribution in [0.4, 0.5) is 0 Å². The van der Waals surface area contributed by atoms with E-state index in [2.05, 4.69) is 38.2 Å². The average molecular weight is 730 g/mol. The second kappa shape index (κ2) is 39.2. The Morgan fingerprint density at radius 2 is 1.06 bits per heavy atom. The van der Waals surface area contributed by atoms with Gasteiger partial charge in [-0.3, -0.25) is 13.8 Å². The number of carbonyl (C=O) groups is 1. The van der Waals surface area contributed by atoms with Crippen LogP contribution in [0.2, 0.25) is 0 Å². The molecular weight excluding hydrogens is 649 g/mol. The lowest BCUT2D eigenvalue weighted by atomic mass is 10.0. The van der Waals surface area contributed by atoms with Crippen molar-refractivity contribution >= 4 is 13.8 Å². The first-order chi connectivity index (χ1) is 24.4. The summed E-state index contributed by atoms with van der Waals surface area (Å²) >= 11 is 0. The van der Waals surface area contributed by atoms with Crippen molar-refractivity contribution in [1.29, 1.82) is 0 Å². The van der Waals surface area contributed by atoms with Crippen LogP contribution in [0.15, 0.2) is 24.3 Å². The van der Waals surface area contributed by atoms with E-state index in [1.165, 1.54) is 135 Å². The van der Waals surface area contributed by atoms with Crippen LogP contribution in [0.5, 0.6) is 0 Å². The lowest BCUT2D eigenvalue weighted by molar-refractivity contribution is -0.154. The number of allylic oxidation sites excluding steroid dienone is 4. The van der Waals surface area contributed by atoms with Gasteiger partial charge in [-0.1, -0.05) is 167 Å². The zero-order valence-corrected chi connectivity index (χ0v) is 33.5. The van der Waals surface area contributed by atoms with Crippen LogP contribution in [-0.4, -0.2) is 49.9 Å². The van der Waals surface area contributed by atoms with Crippen molar-refractivity contribution in [2.24, 2.45) is 5.73 Å². The number of ether oxygens (including phenoxy) is 2. The predicted molar refractivity (Wildman–Crippen MR) is 210 cm³/mol. The van der Waals surface area contributed by atoms with Crippen molar-refractivity contribution < 1.29 is 32.8 Å². The zero-order chi connectivity index (χ0) is 36.6. The topological polar surface area (TPSA) is 117 Å². The Morgan fingerprint density at radius 3 is 1.58 bits per heavy atom. The maximum absolute atomic E-state index is 12.5. The maximum Gasteiger partial charge on any atom is 0.472 e. The van der Waals surface area contributed by atoms with Crippen LogP contribution in [-0.2, 0) is 27.9 Å². The summed E-state index contributed by atoms with van der Waals surface area (Å²) < 4.78 is 33.4. The first-order valence-corrected chi connectivity index (χ1v) is 22.3. The molecule has 0 bridgehead atoms. The first kappa shape index (κ1) is 49.0. The van der Waals surface area contributed by atoms with Crippen molar-refractivity contribution in [1.82, 2.24) is 0 Å². The lowest BCUT2D eigenvalue weighted by Crippen LogP contribution is -2.28. The fourth-order valence-electron chi connectivity index (χ4n) is 5.79. The van der Waals surface area contributed by atoms with E-state index in [-0.39, 0.29) is 32.3 Å². The molecule has 0 radical (unpaired) electrons. The van der Waals surface area contributed by atoms with Gasteiger partial charge in [0.05, 0.1) is 19.8 Å². The number of carbonyl (C=O) groups excluding carboxylic acids is 1. The molecule has 0 spiro atoms. The molecule has 2 atom stereocenters. The summed E-state index contributed by atoms with van der Waals surface area (Å²) in [6.07, 6.45) is 41.9. The van der Waals surface area contributed by atoms with Crippen LogP contribution in [0.1, 0.15) is 194 Å². The predicted octanol–water partition coefficient (Wildman–Crippen LogP) is 12.1. The molecule has 50 heavy (non-hydrogen) atoms. The second-order valence-corrected chi connectivity index (χ2v) is 15.3. The van der Waals surface area contributed by atoms with E-state index in [0.29, 0.717) is 13.0 Å². The summed E-state index contributed by atoms with van der Waals surface area (Å²) in [5.41, 5.74) is 5.36. The Kier molecular flexibility index (Phi) is 38.4. The van der Waals surface area contributed by atoms with Gasteiger partial charge in [-0.05, 0) is 44.9 Å². The average Bonchev–Trinajstić information content (AvgIpc) is 3.10. The van der Waals surface area contributed by atoms with Gasteiger partial charge < -0.3 is 20.1 Å². The highest BCUT2D eigenvalue weighted by Crippen LogP contribution is 2.43. The van der Waals surface area contributed by atoms with Gasteiger partial charge in [0.2, 0.25) is 0 Å². The summed E-state index contributed by atoms with van der Waals surface area (Å²) in [4.78, 5) is 22.4. The summed E-state index contributed by atoms with van der Waals surface area (Å²) in [7, 11) is -4.27. The van der Waals surface area contributed by atoms with Gasteiger partial charge in [0.25, 0.3) is 0 Å². The number of nitrogens with two attached hydrogens (primary N) is 1. The van der Waals surface area contributed by atoms with Gasteiger partial charge in [-0.25, -0.2) is 4.57 Å². The third-order valence-electron chi connectivity index (χ3n) is 8.87. The van der Waals surface area contributed by atoms with Crippen molar-refractivity contribution in [2.75, 3.05) is 33.0 Å². The fourth-order valence-corrected chi connectivity index (χ4v) is 6.56. The quantitative estimate of drug-likeness (QED) is 0.0277. The number of phosphoric ester groups is 1. The number of hydrogen-bond donors (Lipinski definition) is 2. The molecule has 0 aliphatic carbocycles. The summed E-state index contributed by atoms with van der Waals surface area (Å²) in [6.45, 7) is 4.91. The van der Waals surface area contributed by atoms with Crippen molar-refractivity contribution in [3.8, 4) is 0 Å². The molecule has 0 aromatic heterocycles. The molecule has 0 aliphatic heterocycles. The Labute approximate surface area is 308 Å². The fraction of sp³-hybridized carbons (Fsp3) is 0.878. The van der Waals surface area contributed by atoms with E-state index >= 15 is 0 Å². The number of esters is 1. The van der Waals surface area contributed by atoms with Gasteiger partial charge in [-0.15, -0.1) is 0 Å². The largest absolute Gasteiger partial charge is 0.472 e. The molecular formula is C41H80NO7P. The molecule has 0 aliphatic rings. The molecule has 3 N–H and O–H groups in total. The van der Waals surface area contributed by atoms with Gasteiger partial charge in [0.1, 0.15) is 6.10 Å². The molecule has 9 heteroatoms. The molecule has 0 heterocycles. The number of unbranched alkanes of at least 4 members (excludes halogenated alkanes) is 23. The highest BCUT2D eigenvalue weighted by Gasteiger charge is 2.25. The Morgan fingerprint density at radius 1 is 0.600 bits per heavy atom. The molecule has 0 aromatic carbocycles. The zero-order valence-electron chi connectivity index (χ0n) is 32.6. The molecule has 0 rings (SSSR count). The first-order valence-electron chi connectivity index (χ1n) is 20.8. The SMILES string of the molecule is CCCCCC/C=C\C/C=C\CCCCCCCCCCOCC(COP(=O)(O)OCCN)OC(=O)CCCCCCCCCCCCCC. The minimum atomic E-state index is -4.27. The van der Waals surface area contributed by atoms with Crippen LogP contribution in [0.3, 0.4) is 0 Å². The maximum atomic E-state index is 12.5. The minimum Gasteiger partial charge on any atom is -0.457 e. The third kappa shape index (κ3) is 38.2. The van der Waals surface area contributed by atoms with Crippen molar-refractivity contribution in [3.63, 3.8) is 0 Å². The molecule has 296 valence electrons. The van der Waals surface area contributed by atoms with Crippen molar-refractivity contribution in [3.05, 3.63) is 24.3 Å². The van der Waals surface area contributed by atoms with Crippen molar-refractivity contribution in [2.45, 2.75) is 200 Å². The van der Waals surface area contributed by atoms with Gasteiger partial charge >= 0.3 is 13.8 Å². The van der Waals surface area contributed by atoms with E-state index in [4.69, 9.17) is 24.3 Å². The molecule has 0 aromatic rings. The van der Waals surface area contributed by atoms with Crippen LogP contribution in [0, 0.1) is 0 Å². The van der Waals surface area contributed by atoms with E-state index in [9.17, 15) is 14.3 Å². The number of phosphoric acid groups is 1. The molecule has 0 saturated carbocycles. The van der Waals surface area contributed by atoms with E-state index in [1.807, 2.05) is 0 Å². The molecule has 0 saturated heterocycles. The lowest BCUT2D eigenvalue weighted by Gasteiger charge is -2.20. The Balaban J connectivity index is 4.01. The molecule has 2 unspecified atom stereocenters. The number of hydrogen-bond acceptors (Lipinski definition) is 7. The second-order valence-electron chi connectivity index (χ2n) is 13.9. The van der Waals surface area contributed by atoms with Crippen LogP contribution in [0.25, 0.3) is 0 Å². The van der Waals surface area contributed by atoms with Crippen LogP contribution < -0.4 is 5.73 Å².